The average molecular weight is 171 g/mol. The molecule has 0 aromatic rings. The number of nitrogens with zero attached hydrogens (tertiary/aromatic N) is 1. The minimum absolute atomic E-state index is 0.184. The topological polar surface area (TPSA) is 29.5 Å². The maximum absolute atomic E-state index is 11.3. The molecule has 0 spiro atoms. The van der Waals surface area contributed by atoms with Gasteiger partial charge in [0.1, 0.15) is 0 Å². The number of morpholine rings is 1. The molecule has 1 aliphatic rings. The molecule has 0 radical (unpaired) electrons. The fourth-order valence-electron chi connectivity index (χ4n) is 1.61. The Labute approximate surface area is 73.7 Å². The molecule has 0 aromatic heterocycles. The highest BCUT2D eigenvalue weighted by Gasteiger charge is 2.24. The van der Waals surface area contributed by atoms with Gasteiger partial charge in [-0.3, -0.25) is 4.79 Å². The van der Waals surface area contributed by atoms with E-state index in [9.17, 15) is 4.79 Å². The molecule has 0 bridgehead atoms. The fourth-order valence-corrected chi connectivity index (χ4v) is 1.61. The van der Waals surface area contributed by atoms with E-state index in [4.69, 9.17) is 4.74 Å². The van der Waals surface area contributed by atoms with Gasteiger partial charge in [-0.05, 0) is 13.8 Å². The molecule has 1 amide bonds. The van der Waals surface area contributed by atoms with Crippen LogP contribution in [0.1, 0.15) is 27.2 Å². The van der Waals surface area contributed by atoms with E-state index < -0.39 is 0 Å². The van der Waals surface area contributed by atoms with Gasteiger partial charge in [0, 0.05) is 19.5 Å². The van der Waals surface area contributed by atoms with Crippen LogP contribution in [0.15, 0.2) is 0 Å². The Morgan fingerprint density at radius 1 is 1.42 bits per heavy atom. The molecule has 1 heterocycles. The highest BCUT2D eigenvalue weighted by Crippen LogP contribution is 2.11. The standard InChI is InChI=1S/C9H17NO2/c1-4-9(11)10-5-7(2)12-8(3)6-10/h7-8H,4-6H2,1-3H3. The highest BCUT2D eigenvalue weighted by atomic mass is 16.5. The van der Waals surface area contributed by atoms with Gasteiger partial charge in [0.05, 0.1) is 12.2 Å². The van der Waals surface area contributed by atoms with Gasteiger partial charge in [0.15, 0.2) is 0 Å². The van der Waals surface area contributed by atoms with E-state index in [0.29, 0.717) is 6.42 Å². The maximum Gasteiger partial charge on any atom is 0.222 e. The third-order valence-corrected chi connectivity index (χ3v) is 2.07. The van der Waals surface area contributed by atoms with Crippen molar-refractivity contribution in [1.29, 1.82) is 0 Å². The highest BCUT2D eigenvalue weighted by molar-refractivity contribution is 5.75. The molecule has 70 valence electrons. The van der Waals surface area contributed by atoms with E-state index >= 15 is 0 Å². The van der Waals surface area contributed by atoms with Gasteiger partial charge in [-0.15, -0.1) is 0 Å². The van der Waals surface area contributed by atoms with Crippen LogP contribution in [0.4, 0.5) is 0 Å². The number of ether oxygens (including phenoxy) is 1. The first-order chi connectivity index (χ1) is 5.63. The van der Waals surface area contributed by atoms with Crippen LogP contribution in [0.2, 0.25) is 0 Å². The smallest absolute Gasteiger partial charge is 0.222 e. The van der Waals surface area contributed by atoms with E-state index in [0.717, 1.165) is 13.1 Å². The number of amides is 1. The lowest BCUT2D eigenvalue weighted by Gasteiger charge is -2.35. The van der Waals surface area contributed by atoms with Gasteiger partial charge < -0.3 is 9.64 Å². The van der Waals surface area contributed by atoms with Crippen LogP contribution >= 0.6 is 0 Å². The van der Waals surface area contributed by atoms with Crippen molar-refractivity contribution in [3.63, 3.8) is 0 Å². The Kier molecular flexibility index (Phi) is 3.09. The van der Waals surface area contributed by atoms with Crippen LogP contribution in [0, 0.1) is 0 Å². The second kappa shape index (κ2) is 3.90. The summed E-state index contributed by atoms with van der Waals surface area (Å²) in [5, 5.41) is 0. The number of carbonyl (C=O) groups excluding carboxylic acids is 1. The van der Waals surface area contributed by atoms with Crippen LogP contribution in [0.3, 0.4) is 0 Å². The Bertz CT molecular complexity index is 160. The molecule has 0 N–H and O–H groups in total. The molecular weight excluding hydrogens is 154 g/mol. The zero-order valence-electron chi connectivity index (χ0n) is 8.04. The summed E-state index contributed by atoms with van der Waals surface area (Å²) < 4.78 is 5.52. The van der Waals surface area contributed by atoms with Crippen molar-refractivity contribution >= 4 is 5.91 Å². The van der Waals surface area contributed by atoms with Crippen molar-refractivity contribution in [1.82, 2.24) is 4.90 Å². The number of hydrogen-bond acceptors (Lipinski definition) is 2. The lowest BCUT2D eigenvalue weighted by Crippen LogP contribution is -2.47. The van der Waals surface area contributed by atoms with Crippen LogP contribution in [0.25, 0.3) is 0 Å². The SMILES string of the molecule is CCC(=O)N1CC(C)OC(C)C1. The molecule has 0 saturated carbocycles. The summed E-state index contributed by atoms with van der Waals surface area (Å²) in [7, 11) is 0. The molecule has 0 aromatic carbocycles. The van der Waals surface area contributed by atoms with Gasteiger partial charge in [0.25, 0.3) is 0 Å². The summed E-state index contributed by atoms with van der Waals surface area (Å²) in [6.07, 6.45) is 0.966. The molecule has 1 rings (SSSR count). The quantitative estimate of drug-likeness (QED) is 0.589. The average Bonchev–Trinajstić information content (AvgIpc) is 2.01. The first-order valence-corrected chi connectivity index (χ1v) is 4.56. The molecule has 2 atom stereocenters. The normalized spacial score (nSPS) is 30.4. The minimum atomic E-state index is 0.184. The zero-order valence-corrected chi connectivity index (χ0v) is 8.04. The van der Waals surface area contributed by atoms with E-state index in [1.54, 1.807) is 0 Å². The van der Waals surface area contributed by atoms with Crippen LogP contribution < -0.4 is 0 Å². The Hall–Kier alpha value is -0.570. The number of hydrogen-bond donors (Lipinski definition) is 0. The molecule has 3 heteroatoms. The summed E-state index contributed by atoms with van der Waals surface area (Å²) in [5.41, 5.74) is 0. The predicted octanol–water partition coefficient (Wildman–Crippen LogP) is 1.03. The molecule has 12 heavy (non-hydrogen) atoms. The van der Waals surface area contributed by atoms with E-state index in [2.05, 4.69) is 0 Å². The summed E-state index contributed by atoms with van der Waals surface area (Å²) in [4.78, 5) is 13.2. The van der Waals surface area contributed by atoms with E-state index in [1.165, 1.54) is 0 Å². The number of rotatable bonds is 1. The van der Waals surface area contributed by atoms with Gasteiger partial charge in [0.2, 0.25) is 5.91 Å². The zero-order chi connectivity index (χ0) is 9.14. The van der Waals surface area contributed by atoms with Crippen molar-refractivity contribution in [3.8, 4) is 0 Å². The lowest BCUT2D eigenvalue weighted by atomic mass is 10.2. The van der Waals surface area contributed by atoms with E-state index in [1.807, 2.05) is 25.7 Å². The molecule has 1 saturated heterocycles. The van der Waals surface area contributed by atoms with Crippen molar-refractivity contribution in [2.24, 2.45) is 0 Å². The monoisotopic (exact) mass is 171 g/mol. The fraction of sp³-hybridized carbons (Fsp3) is 0.889. The molecule has 2 unspecified atom stereocenters. The van der Waals surface area contributed by atoms with Gasteiger partial charge in [-0.2, -0.15) is 0 Å². The van der Waals surface area contributed by atoms with Crippen LogP contribution in [0.5, 0.6) is 0 Å². The molecule has 3 nitrogen and oxygen atoms in total. The van der Waals surface area contributed by atoms with Gasteiger partial charge in [-0.1, -0.05) is 6.92 Å². The van der Waals surface area contributed by atoms with Crippen molar-refractivity contribution in [2.45, 2.75) is 39.4 Å². The Balaban J connectivity index is 2.49. The maximum atomic E-state index is 11.3. The van der Waals surface area contributed by atoms with Crippen molar-refractivity contribution in [3.05, 3.63) is 0 Å². The third kappa shape index (κ3) is 2.21. The van der Waals surface area contributed by atoms with Crippen molar-refractivity contribution in [2.75, 3.05) is 13.1 Å². The largest absolute Gasteiger partial charge is 0.372 e. The van der Waals surface area contributed by atoms with Gasteiger partial charge in [-0.25, -0.2) is 0 Å². The number of carbonyl (C=O) groups is 1. The first kappa shape index (κ1) is 9.52. The second-order valence-corrected chi connectivity index (χ2v) is 3.41. The summed E-state index contributed by atoms with van der Waals surface area (Å²) >= 11 is 0. The van der Waals surface area contributed by atoms with Crippen LogP contribution in [-0.2, 0) is 9.53 Å². The third-order valence-electron chi connectivity index (χ3n) is 2.07. The molecule has 1 aliphatic heterocycles. The van der Waals surface area contributed by atoms with Crippen molar-refractivity contribution < 1.29 is 9.53 Å². The Morgan fingerprint density at radius 3 is 2.33 bits per heavy atom. The summed E-state index contributed by atoms with van der Waals surface area (Å²) in [5.74, 6) is 0.233. The molecule has 0 aliphatic carbocycles. The van der Waals surface area contributed by atoms with E-state index in [-0.39, 0.29) is 18.1 Å². The summed E-state index contributed by atoms with van der Waals surface area (Å²) in [6, 6.07) is 0. The first-order valence-electron chi connectivity index (χ1n) is 4.56. The molecule has 1 fully saturated rings. The molecular formula is C9H17NO2. The second-order valence-electron chi connectivity index (χ2n) is 3.41. The summed E-state index contributed by atoms with van der Waals surface area (Å²) in [6.45, 7) is 7.40. The minimum Gasteiger partial charge on any atom is -0.372 e. The van der Waals surface area contributed by atoms with Crippen LogP contribution in [-0.4, -0.2) is 36.1 Å². The lowest BCUT2D eigenvalue weighted by molar-refractivity contribution is -0.142. The predicted molar refractivity (Wildman–Crippen MR) is 46.9 cm³/mol. The Morgan fingerprint density at radius 2 is 1.92 bits per heavy atom. The van der Waals surface area contributed by atoms with Gasteiger partial charge >= 0.3 is 0 Å².